The van der Waals surface area contributed by atoms with Crippen molar-refractivity contribution in [1.82, 2.24) is 10.2 Å². The first-order valence-corrected chi connectivity index (χ1v) is 9.88. The topological polar surface area (TPSA) is 92.8 Å². The van der Waals surface area contributed by atoms with Crippen molar-refractivity contribution in [2.45, 2.75) is 51.7 Å². The molecule has 0 aromatic heterocycles. The highest BCUT2D eigenvalue weighted by Gasteiger charge is 2.38. The molecular formula is C15H26N2O5S. The van der Waals surface area contributed by atoms with Crippen LogP contribution >= 0.6 is 0 Å². The minimum atomic E-state index is -3.01. The zero-order chi connectivity index (χ0) is 17.3. The van der Waals surface area contributed by atoms with Gasteiger partial charge in [0.2, 0.25) is 5.91 Å². The summed E-state index contributed by atoms with van der Waals surface area (Å²) in [5, 5.41) is 2.79. The Morgan fingerprint density at radius 1 is 1.13 bits per heavy atom. The van der Waals surface area contributed by atoms with E-state index in [9.17, 15) is 18.0 Å². The lowest BCUT2D eigenvalue weighted by molar-refractivity contribution is -0.135. The molecule has 1 saturated carbocycles. The van der Waals surface area contributed by atoms with Gasteiger partial charge in [-0.2, -0.15) is 0 Å². The Hall–Kier alpha value is -1.31. The first kappa shape index (κ1) is 18.0. The van der Waals surface area contributed by atoms with E-state index in [4.69, 9.17) is 4.74 Å². The van der Waals surface area contributed by atoms with Crippen LogP contribution in [0, 0.1) is 5.92 Å². The number of rotatable bonds is 2. The zero-order valence-electron chi connectivity index (χ0n) is 14.0. The summed E-state index contributed by atoms with van der Waals surface area (Å²) in [6, 6.07) is -0.240. The summed E-state index contributed by atoms with van der Waals surface area (Å²) >= 11 is 0. The molecule has 2 atom stereocenters. The van der Waals surface area contributed by atoms with Gasteiger partial charge in [0.15, 0.2) is 9.84 Å². The van der Waals surface area contributed by atoms with Crippen LogP contribution in [0.1, 0.15) is 40.0 Å². The third-order valence-corrected chi connectivity index (χ3v) is 5.80. The molecule has 0 spiro atoms. The van der Waals surface area contributed by atoms with Crippen molar-refractivity contribution in [3.05, 3.63) is 0 Å². The lowest BCUT2D eigenvalue weighted by Gasteiger charge is -2.31. The predicted octanol–water partition coefficient (Wildman–Crippen LogP) is 0.937. The lowest BCUT2D eigenvalue weighted by atomic mass is 10.0. The molecule has 2 amide bonds. The van der Waals surface area contributed by atoms with E-state index in [1.807, 2.05) is 0 Å². The maximum atomic E-state index is 12.6. The van der Waals surface area contributed by atoms with Gasteiger partial charge in [-0.25, -0.2) is 13.2 Å². The fourth-order valence-electron chi connectivity index (χ4n) is 3.05. The van der Waals surface area contributed by atoms with Crippen LogP contribution in [0.3, 0.4) is 0 Å². The van der Waals surface area contributed by atoms with Crippen LogP contribution in [0.4, 0.5) is 4.79 Å². The summed E-state index contributed by atoms with van der Waals surface area (Å²) in [6.45, 7) is 5.86. The molecule has 1 heterocycles. The van der Waals surface area contributed by atoms with Crippen molar-refractivity contribution in [3.8, 4) is 0 Å². The zero-order valence-corrected chi connectivity index (χ0v) is 14.8. The molecule has 2 fully saturated rings. The Kier molecular flexibility index (Phi) is 5.23. The Balaban J connectivity index is 1.93. The monoisotopic (exact) mass is 346 g/mol. The fourth-order valence-corrected chi connectivity index (χ4v) is 4.26. The van der Waals surface area contributed by atoms with Crippen molar-refractivity contribution < 1.29 is 22.7 Å². The van der Waals surface area contributed by atoms with Gasteiger partial charge in [-0.05, 0) is 33.6 Å². The molecule has 1 saturated heterocycles. The minimum absolute atomic E-state index is 0.0234. The average Bonchev–Trinajstić information content (AvgIpc) is 2.83. The molecule has 2 aliphatic rings. The van der Waals surface area contributed by atoms with E-state index in [0.717, 1.165) is 12.8 Å². The Morgan fingerprint density at radius 2 is 1.74 bits per heavy atom. The molecule has 2 rings (SSSR count). The number of ether oxygens (including phenoxy) is 1. The number of alkyl carbamates (subject to hydrolysis) is 1. The first-order chi connectivity index (χ1) is 10.6. The second kappa shape index (κ2) is 6.67. The standard InChI is InChI=1S/C15H26N2O5S/c1-15(2,3)22-14(19)16-12-6-4-5-11(12)13(18)17-7-9-23(20,21)10-8-17/h11-12H,4-10H2,1-3H3,(H,16,19). The molecule has 0 aromatic carbocycles. The molecule has 0 aromatic rings. The number of amides is 2. The van der Waals surface area contributed by atoms with Crippen LogP contribution in [0.15, 0.2) is 0 Å². The van der Waals surface area contributed by atoms with Gasteiger partial charge in [-0.15, -0.1) is 0 Å². The van der Waals surface area contributed by atoms with Gasteiger partial charge < -0.3 is 15.0 Å². The number of sulfone groups is 1. The van der Waals surface area contributed by atoms with Crippen molar-refractivity contribution in [2.24, 2.45) is 5.92 Å². The fraction of sp³-hybridized carbons (Fsp3) is 0.867. The number of carbonyl (C=O) groups excluding carboxylic acids is 2. The van der Waals surface area contributed by atoms with E-state index < -0.39 is 21.5 Å². The quantitative estimate of drug-likeness (QED) is 0.803. The van der Waals surface area contributed by atoms with Crippen molar-refractivity contribution in [3.63, 3.8) is 0 Å². The largest absolute Gasteiger partial charge is 0.444 e. The van der Waals surface area contributed by atoms with Gasteiger partial charge in [-0.1, -0.05) is 6.42 Å². The normalized spacial score (nSPS) is 27.5. The van der Waals surface area contributed by atoms with E-state index in [-0.39, 0.29) is 42.5 Å². The number of hydrogen-bond donors (Lipinski definition) is 1. The van der Waals surface area contributed by atoms with Crippen LogP contribution < -0.4 is 5.32 Å². The van der Waals surface area contributed by atoms with Crippen LogP contribution in [-0.4, -0.2) is 61.6 Å². The third-order valence-electron chi connectivity index (χ3n) is 4.19. The Bertz CT molecular complexity index is 553. The maximum absolute atomic E-state index is 12.6. The summed E-state index contributed by atoms with van der Waals surface area (Å²) in [6.07, 6.45) is 1.80. The highest BCUT2D eigenvalue weighted by Crippen LogP contribution is 2.28. The maximum Gasteiger partial charge on any atom is 0.407 e. The molecule has 1 aliphatic carbocycles. The minimum Gasteiger partial charge on any atom is -0.444 e. The second-order valence-electron chi connectivity index (χ2n) is 7.27. The van der Waals surface area contributed by atoms with Crippen molar-refractivity contribution in [1.29, 1.82) is 0 Å². The summed E-state index contributed by atoms with van der Waals surface area (Å²) in [5.41, 5.74) is -0.580. The third kappa shape index (κ3) is 5.09. The van der Waals surface area contributed by atoms with Crippen molar-refractivity contribution in [2.75, 3.05) is 24.6 Å². The molecule has 0 radical (unpaired) electrons. The smallest absolute Gasteiger partial charge is 0.407 e. The van der Waals surface area contributed by atoms with E-state index in [2.05, 4.69) is 5.32 Å². The summed E-state index contributed by atoms with van der Waals surface area (Å²) < 4.78 is 28.2. The molecular weight excluding hydrogens is 320 g/mol. The van der Waals surface area contributed by atoms with Crippen LogP contribution in [0.2, 0.25) is 0 Å². The van der Waals surface area contributed by atoms with E-state index >= 15 is 0 Å². The van der Waals surface area contributed by atoms with Gasteiger partial charge in [0.1, 0.15) is 5.60 Å². The van der Waals surface area contributed by atoms with Gasteiger partial charge in [0.05, 0.1) is 17.4 Å². The highest BCUT2D eigenvalue weighted by molar-refractivity contribution is 7.91. The van der Waals surface area contributed by atoms with Crippen molar-refractivity contribution >= 4 is 21.8 Å². The molecule has 132 valence electrons. The molecule has 7 nitrogen and oxygen atoms in total. The average molecular weight is 346 g/mol. The molecule has 1 N–H and O–H groups in total. The highest BCUT2D eigenvalue weighted by atomic mass is 32.2. The van der Waals surface area contributed by atoms with E-state index in [1.165, 1.54) is 0 Å². The predicted molar refractivity (Wildman–Crippen MR) is 85.7 cm³/mol. The molecule has 8 heteroatoms. The van der Waals surface area contributed by atoms with E-state index in [0.29, 0.717) is 6.42 Å². The van der Waals surface area contributed by atoms with Gasteiger partial charge in [-0.3, -0.25) is 4.79 Å². The molecule has 1 aliphatic heterocycles. The number of hydrogen-bond acceptors (Lipinski definition) is 5. The summed E-state index contributed by atoms with van der Waals surface area (Å²) in [7, 11) is -3.01. The Labute approximate surface area is 137 Å². The molecule has 23 heavy (non-hydrogen) atoms. The first-order valence-electron chi connectivity index (χ1n) is 8.06. The molecule has 0 bridgehead atoms. The van der Waals surface area contributed by atoms with Gasteiger partial charge >= 0.3 is 6.09 Å². The van der Waals surface area contributed by atoms with Crippen LogP contribution in [0.25, 0.3) is 0 Å². The lowest BCUT2D eigenvalue weighted by Crippen LogP contribution is -2.50. The SMILES string of the molecule is CC(C)(C)OC(=O)NC1CCCC1C(=O)N1CCS(=O)(=O)CC1. The molecule has 2 unspecified atom stereocenters. The van der Waals surface area contributed by atoms with Crippen LogP contribution in [-0.2, 0) is 19.4 Å². The van der Waals surface area contributed by atoms with Gasteiger partial charge in [0.25, 0.3) is 0 Å². The summed E-state index contributed by atoms with van der Waals surface area (Å²) in [5.74, 6) is -0.299. The summed E-state index contributed by atoms with van der Waals surface area (Å²) in [4.78, 5) is 26.1. The number of nitrogens with zero attached hydrogens (tertiary/aromatic N) is 1. The van der Waals surface area contributed by atoms with Gasteiger partial charge in [0, 0.05) is 19.1 Å². The number of nitrogens with one attached hydrogen (secondary N) is 1. The van der Waals surface area contributed by atoms with Crippen LogP contribution in [0.5, 0.6) is 0 Å². The Morgan fingerprint density at radius 3 is 2.30 bits per heavy atom. The number of carbonyl (C=O) groups is 2. The van der Waals surface area contributed by atoms with E-state index in [1.54, 1.807) is 25.7 Å². The second-order valence-corrected chi connectivity index (χ2v) is 9.57.